The van der Waals surface area contributed by atoms with E-state index in [9.17, 15) is 8.42 Å². The van der Waals surface area contributed by atoms with E-state index in [4.69, 9.17) is 4.74 Å². The average molecular weight is 415 g/mol. The Bertz CT molecular complexity index is 899. The van der Waals surface area contributed by atoms with Crippen LogP contribution in [0.25, 0.3) is 0 Å². The van der Waals surface area contributed by atoms with E-state index in [1.54, 1.807) is 36.4 Å². The molecule has 3 aliphatic rings. The molecular formula is C23H30N2O3S. The molecule has 2 atom stereocenters. The van der Waals surface area contributed by atoms with Crippen LogP contribution in [0.5, 0.6) is 0 Å². The fourth-order valence-corrected chi connectivity index (χ4v) is 5.41. The summed E-state index contributed by atoms with van der Waals surface area (Å²) < 4.78 is 33.6. The summed E-state index contributed by atoms with van der Waals surface area (Å²) in [4.78, 5) is 0.262. The summed E-state index contributed by atoms with van der Waals surface area (Å²) >= 11 is 0. The zero-order valence-corrected chi connectivity index (χ0v) is 17.6. The number of sulfonamides is 1. The molecule has 6 heteroatoms. The van der Waals surface area contributed by atoms with E-state index in [0.29, 0.717) is 11.6 Å². The largest absolute Gasteiger partial charge is 0.384 e. The van der Waals surface area contributed by atoms with Crippen molar-refractivity contribution >= 4 is 21.4 Å². The SMILES string of the molecule is C1CCCCC1.O=S(=O)(Nc1ccccc1)c1ccc2c(c1)C1OCCC1CN2. The van der Waals surface area contributed by atoms with Crippen LogP contribution in [0.15, 0.2) is 53.4 Å². The minimum Gasteiger partial charge on any atom is -0.384 e. The smallest absolute Gasteiger partial charge is 0.261 e. The maximum atomic E-state index is 12.6. The molecule has 1 aliphatic carbocycles. The van der Waals surface area contributed by atoms with E-state index in [1.165, 1.54) is 38.5 Å². The molecule has 0 aromatic heterocycles. The van der Waals surface area contributed by atoms with Crippen molar-refractivity contribution in [1.29, 1.82) is 0 Å². The highest BCUT2D eigenvalue weighted by atomic mass is 32.2. The standard InChI is InChI=1S/C17H18N2O3S.C6H12/c20-23(21,19-13-4-2-1-3-5-13)14-6-7-16-15(10-14)17-12(11-18-16)8-9-22-17;1-2-4-6-5-3-1/h1-7,10,12,17-19H,8-9,11H2;1-6H2. The summed E-state index contributed by atoms with van der Waals surface area (Å²) in [5.74, 6) is 0.419. The van der Waals surface area contributed by atoms with Crippen LogP contribution in [0.1, 0.15) is 56.6 Å². The van der Waals surface area contributed by atoms with Crippen molar-refractivity contribution < 1.29 is 13.2 Å². The van der Waals surface area contributed by atoms with Crippen LogP contribution in [-0.4, -0.2) is 21.6 Å². The quantitative estimate of drug-likeness (QED) is 0.712. The Balaban J connectivity index is 0.000000294. The van der Waals surface area contributed by atoms with Crippen molar-refractivity contribution in [2.45, 2.75) is 55.9 Å². The second kappa shape index (κ2) is 9.18. The van der Waals surface area contributed by atoms with Gasteiger partial charge in [-0.3, -0.25) is 4.72 Å². The zero-order chi connectivity index (χ0) is 20.1. The Morgan fingerprint density at radius 2 is 1.62 bits per heavy atom. The number of benzene rings is 2. The third-order valence-electron chi connectivity index (χ3n) is 5.93. The fourth-order valence-electron chi connectivity index (χ4n) is 4.31. The molecule has 29 heavy (non-hydrogen) atoms. The van der Waals surface area contributed by atoms with Gasteiger partial charge in [0.05, 0.1) is 11.0 Å². The fraction of sp³-hybridized carbons (Fsp3) is 0.478. The first-order valence-electron chi connectivity index (χ1n) is 10.7. The number of anilines is 2. The Morgan fingerprint density at radius 1 is 0.931 bits per heavy atom. The molecule has 2 unspecified atom stereocenters. The van der Waals surface area contributed by atoms with Crippen molar-refractivity contribution in [2.75, 3.05) is 23.2 Å². The van der Waals surface area contributed by atoms with Crippen molar-refractivity contribution in [3.63, 3.8) is 0 Å². The molecule has 5 rings (SSSR count). The lowest BCUT2D eigenvalue weighted by molar-refractivity contribution is 0.0911. The highest BCUT2D eigenvalue weighted by Gasteiger charge is 2.35. The van der Waals surface area contributed by atoms with Crippen LogP contribution in [0.4, 0.5) is 11.4 Å². The van der Waals surface area contributed by atoms with Crippen LogP contribution in [0.2, 0.25) is 0 Å². The van der Waals surface area contributed by atoms with Gasteiger partial charge in [0.15, 0.2) is 0 Å². The molecule has 2 aromatic rings. The lowest BCUT2D eigenvalue weighted by atomic mass is 9.91. The monoisotopic (exact) mass is 414 g/mol. The van der Waals surface area contributed by atoms with Crippen LogP contribution >= 0.6 is 0 Å². The van der Waals surface area contributed by atoms with E-state index >= 15 is 0 Å². The Morgan fingerprint density at radius 3 is 2.31 bits per heavy atom. The van der Waals surface area contributed by atoms with E-state index in [2.05, 4.69) is 10.0 Å². The first kappa shape index (κ1) is 20.2. The predicted octanol–water partition coefficient (Wildman–Crippen LogP) is 5.33. The summed E-state index contributed by atoms with van der Waals surface area (Å²) in [6.45, 7) is 1.61. The molecule has 1 saturated heterocycles. The van der Waals surface area contributed by atoms with Gasteiger partial charge in [0, 0.05) is 36.0 Å². The second-order valence-corrected chi connectivity index (χ2v) is 9.75. The van der Waals surface area contributed by atoms with Gasteiger partial charge >= 0.3 is 0 Å². The minimum absolute atomic E-state index is 0.00174. The Kier molecular flexibility index (Phi) is 6.40. The first-order chi connectivity index (χ1) is 14.1. The van der Waals surface area contributed by atoms with Gasteiger partial charge in [0.25, 0.3) is 10.0 Å². The van der Waals surface area contributed by atoms with Crippen molar-refractivity contribution in [3.8, 4) is 0 Å². The average Bonchev–Trinajstić information content (AvgIpc) is 3.25. The summed E-state index contributed by atoms with van der Waals surface area (Å²) in [7, 11) is -3.61. The predicted molar refractivity (Wildman–Crippen MR) is 117 cm³/mol. The Hall–Kier alpha value is -2.05. The zero-order valence-electron chi connectivity index (χ0n) is 16.8. The van der Waals surface area contributed by atoms with Crippen molar-refractivity contribution in [3.05, 3.63) is 54.1 Å². The molecule has 0 radical (unpaired) electrons. The molecular weight excluding hydrogens is 384 g/mol. The topological polar surface area (TPSA) is 67.4 Å². The maximum absolute atomic E-state index is 12.6. The third kappa shape index (κ3) is 4.93. The molecule has 0 bridgehead atoms. The highest BCUT2D eigenvalue weighted by molar-refractivity contribution is 7.92. The number of nitrogens with one attached hydrogen (secondary N) is 2. The lowest BCUT2D eigenvalue weighted by Crippen LogP contribution is -2.25. The van der Waals surface area contributed by atoms with E-state index < -0.39 is 10.0 Å². The number of ether oxygens (including phenoxy) is 1. The molecule has 1 saturated carbocycles. The van der Waals surface area contributed by atoms with E-state index in [1.807, 2.05) is 12.1 Å². The van der Waals surface area contributed by atoms with Crippen LogP contribution in [-0.2, 0) is 14.8 Å². The molecule has 0 amide bonds. The number of fused-ring (bicyclic) bond motifs is 3. The van der Waals surface area contributed by atoms with Gasteiger partial charge in [-0.25, -0.2) is 8.42 Å². The normalized spacial score (nSPS) is 23.0. The first-order valence-corrected chi connectivity index (χ1v) is 12.2. The van der Waals surface area contributed by atoms with E-state index in [0.717, 1.165) is 30.8 Å². The van der Waals surface area contributed by atoms with Crippen molar-refractivity contribution in [1.82, 2.24) is 0 Å². The number of rotatable bonds is 3. The van der Waals surface area contributed by atoms with Gasteiger partial charge in [-0.1, -0.05) is 56.7 Å². The maximum Gasteiger partial charge on any atom is 0.261 e. The lowest BCUT2D eigenvalue weighted by Gasteiger charge is -2.28. The number of para-hydroxylation sites is 1. The van der Waals surface area contributed by atoms with Crippen LogP contribution in [0.3, 0.4) is 0 Å². The summed E-state index contributed by atoms with van der Waals surface area (Å²) in [5.41, 5.74) is 2.46. The second-order valence-electron chi connectivity index (χ2n) is 8.06. The van der Waals surface area contributed by atoms with E-state index in [-0.39, 0.29) is 11.0 Å². The molecule has 2 aliphatic heterocycles. The van der Waals surface area contributed by atoms with Gasteiger partial charge < -0.3 is 10.1 Å². The van der Waals surface area contributed by atoms with Gasteiger partial charge in [-0.05, 0) is 36.8 Å². The summed E-state index contributed by atoms with van der Waals surface area (Å²) in [6.07, 6.45) is 10.0. The van der Waals surface area contributed by atoms with Crippen LogP contribution in [0, 0.1) is 5.92 Å². The Labute approximate surface area is 173 Å². The van der Waals surface area contributed by atoms with Crippen molar-refractivity contribution in [2.24, 2.45) is 5.92 Å². The minimum atomic E-state index is -3.61. The number of hydrogen-bond acceptors (Lipinski definition) is 4. The summed E-state index contributed by atoms with van der Waals surface area (Å²) in [6, 6.07) is 14.1. The number of hydrogen-bond donors (Lipinski definition) is 2. The molecule has 2 heterocycles. The highest BCUT2D eigenvalue weighted by Crippen LogP contribution is 2.42. The third-order valence-corrected chi connectivity index (χ3v) is 7.31. The molecule has 5 nitrogen and oxygen atoms in total. The molecule has 2 N–H and O–H groups in total. The van der Waals surface area contributed by atoms with Gasteiger partial charge in [-0.15, -0.1) is 0 Å². The molecule has 0 spiro atoms. The van der Waals surface area contributed by atoms with Gasteiger partial charge in [0.1, 0.15) is 0 Å². The van der Waals surface area contributed by atoms with Crippen LogP contribution < -0.4 is 10.0 Å². The van der Waals surface area contributed by atoms with Gasteiger partial charge in [0.2, 0.25) is 0 Å². The molecule has 2 fully saturated rings. The summed E-state index contributed by atoms with van der Waals surface area (Å²) in [5, 5.41) is 3.37. The van der Waals surface area contributed by atoms with Gasteiger partial charge in [-0.2, -0.15) is 0 Å². The molecule has 156 valence electrons. The molecule has 2 aromatic carbocycles.